The van der Waals surface area contributed by atoms with E-state index in [1.165, 1.54) is 25.8 Å². The number of carbonyl (C=O) groups is 1. The second-order valence-corrected chi connectivity index (χ2v) is 6.76. The van der Waals surface area contributed by atoms with Gasteiger partial charge in [-0.25, -0.2) is 0 Å². The second-order valence-electron chi connectivity index (χ2n) is 6.76. The van der Waals surface area contributed by atoms with Crippen LogP contribution >= 0.6 is 24.0 Å². The number of likely N-dealkylation sites (N-methyl/N-ethyl adjacent to an activating group) is 1. The van der Waals surface area contributed by atoms with E-state index in [1.807, 2.05) is 4.90 Å². The molecule has 2 aliphatic rings. The summed E-state index contributed by atoms with van der Waals surface area (Å²) < 4.78 is 0. The van der Waals surface area contributed by atoms with E-state index in [0.717, 1.165) is 64.5 Å². The van der Waals surface area contributed by atoms with Crippen LogP contribution in [0, 0.1) is 0 Å². The molecule has 0 saturated carbocycles. The molecule has 2 saturated heterocycles. The largest absolute Gasteiger partial charge is 0.357 e. The highest BCUT2D eigenvalue weighted by Crippen LogP contribution is 2.16. The van der Waals surface area contributed by atoms with Crippen molar-refractivity contribution in [3.63, 3.8) is 0 Å². The molecule has 7 heteroatoms. The average Bonchev–Trinajstić information content (AvgIpc) is 3.01. The molecule has 2 heterocycles. The van der Waals surface area contributed by atoms with Crippen LogP contribution in [-0.2, 0) is 4.79 Å². The maximum absolute atomic E-state index is 11.6. The number of rotatable bonds is 8. The predicted molar refractivity (Wildman–Crippen MR) is 115 cm³/mol. The van der Waals surface area contributed by atoms with Gasteiger partial charge in [-0.1, -0.05) is 13.3 Å². The third kappa shape index (κ3) is 7.68. The minimum absolute atomic E-state index is 0. The van der Waals surface area contributed by atoms with Gasteiger partial charge in [0, 0.05) is 38.6 Å². The lowest BCUT2D eigenvalue weighted by Gasteiger charge is -2.34. The zero-order valence-electron chi connectivity index (χ0n) is 15.9. The number of nitrogens with zero attached hydrogens (tertiary/aromatic N) is 3. The minimum Gasteiger partial charge on any atom is -0.357 e. The smallest absolute Gasteiger partial charge is 0.222 e. The van der Waals surface area contributed by atoms with Crippen LogP contribution in [0.3, 0.4) is 0 Å². The number of halogens is 1. The van der Waals surface area contributed by atoms with E-state index in [1.54, 1.807) is 0 Å². The normalized spacial score (nSPS) is 22.0. The number of hydrogen-bond acceptors (Lipinski definition) is 3. The molecule has 25 heavy (non-hydrogen) atoms. The lowest BCUT2D eigenvalue weighted by Crippen LogP contribution is -2.43. The first-order valence-corrected chi connectivity index (χ1v) is 9.78. The van der Waals surface area contributed by atoms with Gasteiger partial charge in [-0.3, -0.25) is 14.7 Å². The van der Waals surface area contributed by atoms with E-state index in [0.29, 0.717) is 11.9 Å². The van der Waals surface area contributed by atoms with Crippen molar-refractivity contribution in [2.24, 2.45) is 4.99 Å². The number of nitrogens with one attached hydrogen (secondary N) is 2. The van der Waals surface area contributed by atoms with Gasteiger partial charge in [-0.2, -0.15) is 0 Å². The maximum Gasteiger partial charge on any atom is 0.222 e. The standard InChI is InChI=1S/C18H35N5O.HI/c1-3-19-18(20-11-8-14-23-13-7-10-17(23)24)21-15-16-9-5-6-12-22(16)4-2;/h16H,3-15H2,1-2H3,(H2,19,20,21);1H. The Morgan fingerprint density at radius 3 is 2.72 bits per heavy atom. The summed E-state index contributed by atoms with van der Waals surface area (Å²) in [7, 11) is 0. The molecule has 0 aromatic rings. The van der Waals surface area contributed by atoms with E-state index < -0.39 is 0 Å². The summed E-state index contributed by atoms with van der Waals surface area (Å²) in [6.07, 6.45) is 6.62. The van der Waals surface area contributed by atoms with Gasteiger partial charge in [-0.05, 0) is 45.7 Å². The van der Waals surface area contributed by atoms with Crippen molar-refractivity contribution in [1.29, 1.82) is 0 Å². The fourth-order valence-electron chi connectivity index (χ4n) is 3.64. The van der Waals surface area contributed by atoms with Gasteiger partial charge in [0.1, 0.15) is 0 Å². The van der Waals surface area contributed by atoms with Crippen molar-refractivity contribution in [3.05, 3.63) is 0 Å². The maximum atomic E-state index is 11.6. The lowest BCUT2D eigenvalue weighted by molar-refractivity contribution is -0.127. The van der Waals surface area contributed by atoms with Crippen molar-refractivity contribution >= 4 is 35.8 Å². The molecule has 0 aliphatic carbocycles. The van der Waals surface area contributed by atoms with Crippen molar-refractivity contribution in [2.75, 3.05) is 45.8 Å². The summed E-state index contributed by atoms with van der Waals surface area (Å²) in [4.78, 5) is 20.9. The lowest BCUT2D eigenvalue weighted by atomic mass is 10.0. The predicted octanol–water partition coefficient (Wildman–Crippen LogP) is 2.05. The van der Waals surface area contributed by atoms with Crippen LogP contribution in [0.2, 0.25) is 0 Å². The Hall–Kier alpha value is -0.570. The molecule has 0 radical (unpaired) electrons. The summed E-state index contributed by atoms with van der Waals surface area (Å²) in [5.41, 5.74) is 0. The van der Waals surface area contributed by atoms with Crippen LogP contribution in [0.1, 0.15) is 52.4 Å². The SMILES string of the molecule is CCNC(=NCC1CCCCN1CC)NCCCN1CCCC1=O.I. The van der Waals surface area contributed by atoms with Crippen LogP contribution in [0.15, 0.2) is 4.99 Å². The van der Waals surface area contributed by atoms with E-state index in [4.69, 9.17) is 4.99 Å². The Bertz CT molecular complexity index is 418. The molecule has 1 atom stereocenters. The summed E-state index contributed by atoms with van der Waals surface area (Å²) >= 11 is 0. The molecule has 0 spiro atoms. The third-order valence-electron chi connectivity index (χ3n) is 5.03. The van der Waals surface area contributed by atoms with Gasteiger partial charge in [0.05, 0.1) is 6.54 Å². The van der Waals surface area contributed by atoms with Gasteiger partial charge < -0.3 is 15.5 Å². The van der Waals surface area contributed by atoms with Crippen LogP contribution in [0.5, 0.6) is 0 Å². The Labute approximate surface area is 170 Å². The summed E-state index contributed by atoms with van der Waals surface area (Å²) in [5, 5.41) is 6.75. The quantitative estimate of drug-likeness (QED) is 0.249. The number of amides is 1. The zero-order valence-corrected chi connectivity index (χ0v) is 18.3. The van der Waals surface area contributed by atoms with E-state index in [9.17, 15) is 4.79 Å². The van der Waals surface area contributed by atoms with Crippen molar-refractivity contribution in [1.82, 2.24) is 20.4 Å². The molecular weight excluding hydrogens is 429 g/mol. The highest BCUT2D eigenvalue weighted by molar-refractivity contribution is 14.0. The van der Waals surface area contributed by atoms with Crippen LogP contribution < -0.4 is 10.6 Å². The molecule has 2 aliphatic heterocycles. The Kier molecular flexibility index (Phi) is 11.4. The van der Waals surface area contributed by atoms with Crippen molar-refractivity contribution in [3.8, 4) is 0 Å². The van der Waals surface area contributed by atoms with Crippen molar-refractivity contribution < 1.29 is 4.79 Å². The average molecular weight is 465 g/mol. The number of carbonyl (C=O) groups excluding carboxylic acids is 1. The fraction of sp³-hybridized carbons (Fsp3) is 0.889. The summed E-state index contributed by atoms with van der Waals surface area (Å²) in [6, 6.07) is 0.585. The Balaban J connectivity index is 0.00000312. The topological polar surface area (TPSA) is 60.0 Å². The van der Waals surface area contributed by atoms with Gasteiger partial charge >= 0.3 is 0 Å². The van der Waals surface area contributed by atoms with Gasteiger partial charge in [0.25, 0.3) is 0 Å². The summed E-state index contributed by atoms with van der Waals surface area (Å²) in [6.45, 7) is 11.1. The molecule has 2 rings (SSSR count). The molecular formula is C18H36IN5O. The van der Waals surface area contributed by atoms with E-state index >= 15 is 0 Å². The van der Waals surface area contributed by atoms with Crippen LogP contribution in [0.25, 0.3) is 0 Å². The number of likely N-dealkylation sites (tertiary alicyclic amines) is 2. The molecule has 2 N–H and O–H groups in total. The first-order valence-electron chi connectivity index (χ1n) is 9.78. The van der Waals surface area contributed by atoms with Gasteiger partial charge in [-0.15, -0.1) is 24.0 Å². The first-order chi connectivity index (χ1) is 11.7. The highest BCUT2D eigenvalue weighted by atomic mass is 127. The zero-order chi connectivity index (χ0) is 17.2. The Morgan fingerprint density at radius 1 is 1.20 bits per heavy atom. The highest BCUT2D eigenvalue weighted by Gasteiger charge is 2.21. The summed E-state index contributed by atoms with van der Waals surface area (Å²) in [5.74, 6) is 1.22. The fourth-order valence-corrected chi connectivity index (χ4v) is 3.64. The number of piperidine rings is 1. The molecule has 0 bridgehead atoms. The van der Waals surface area contributed by atoms with Crippen LogP contribution in [-0.4, -0.2) is 73.5 Å². The molecule has 1 amide bonds. The molecule has 146 valence electrons. The molecule has 0 aromatic heterocycles. The van der Waals surface area contributed by atoms with Gasteiger partial charge in [0.15, 0.2) is 5.96 Å². The number of hydrogen-bond donors (Lipinski definition) is 2. The molecule has 6 nitrogen and oxygen atoms in total. The van der Waals surface area contributed by atoms with E-state index in [2.05, 4.69) is 29.4 Å². The Morgan fingerprint density at radius 2 is 2.04 bits per heavy atom. The third-order valence-corrected chi connectivity index (χ3v) is 5.03. The molecule has 0 aromatic carbocycles. The minimum atomic E-state index is 0. The first kappa shape index (κ1) is 22.5. The monoisotopic (exact) mass is 465 g/mol. The molecule has 2 fully saturated rings. The number of guanidine groups is 1. The van der Waals surface area contributed by atoms with Crippen molar-refractivity contribution in [2.45, 2.75) is 58.4 Å². The van der Waals surface area contributed by atoms with Gasteiger partial charge in [0.2, 0.25) is 5.91 Å². The molecule has 1 unspecified atom stereocenters. The van der Waals surface area contributed by atoms with E-state index in [-0.39, 0.29) is 24.0 Å². The number of aliphatic imine (C=N–C) groups is 1. The second kappa shape index (κ2) is 12.7. The van der Waals surface area contributed by atoms with Crippen LogP contribution in [0.4, 0.5) is 0 Å².